The lowest BCUT2D eigenvalue weighted by Crippen LogP contribution is -2.59. The summed E-state index contributed by atoms with van der Waals surface area (Å²) >= 11 is 0. The van der Waals surface area contributed by atoms with Gasteiger partial charge in [0.15, 0.2) is 0 Å². The highest BCUT2D eigenvalue weighted by Crippen LogP contribution is 2.20. The average molecular weight is 417 g/mol. The lowest BCUT2D eigenvalue weighted by atomic mass is 10.0. The van der Waals surface area contributed by atoms with Gasteiger partial charge in [0.05, 0.1) is 0 Å². The molecule has 0 saturated carbocycles. The molecule has 2 rings (SSSR count). The first kappa shape index (κ1) is 23.3. The Balaban J connectivity index is 2.27. The summed E-state index contributed by atoms with van der Waals surface area (Å²) in [4.78, 5) is 42.5. The number of carbonyl (C=O) groups is 3. The third kappa shape index (κ3) is 5.98. The fourth-order valence-electron chi connectivity index (χ4n) is 3.19. The van der Waals surface area contributed by atoms with Crippen LogP contribution in [0, 0.1) is 0 Å². The molecule has 3 amide bonds. The van der Waals surface area contributed by atoms with Gasteiger partial charge in [-0.25, -0.2) is 4.79 Å². The molecule has 8 heteroatoms. The number of para-hydroxylation sites is 1. The molecule has 0 radical (unpaired) electrons. The van der Waals surface area contributed by atoms with Crippen LogP contribution in [0.3, 0.4) is 0 Å². The van der Waals surface area contributed by atoms with E-state index in [1.807, 2.05) is 30.5 Å². The van der Waals surface area contributed by atoms with E-state index in [0.29, 0.717) is 0 Å². The molecule has 0 bridgehead atoms. The van der Waals surface area contributed by atoms with Crippen LogP contribution in [-0.2, 0) is 20.7 Å². The SMILES string of the molecule is CN(C)C(=O)C(C)(C)NC(=O)[C@@H](Cc1c[nH]c2ccccc12)NC(=O)OC(C)(C)C. The lowest BCUT2D eigenvalue weighted by molar-refractivity contribution is -0.138. The van der Waals surface area contributed by atoms with Crippen LogP contribution in [-0.4, -0.2) is 59.1 Å². The number of nitrogens with zero attached hydrogens (tertiary/aromatic N) is 1. The van der Waals surface area contributed by atoms with Crippen LogP contribution in [0.5, 0.6) is 0 Å². The van der Waals surface area contributed by atoms with Crippen molar-refractivity contribution in [2.24, 2.45) is 0 Å². The van der Waals surface area contributed by atoms with E-state index >= 15 is 0 Å². The number of aromatic nitrogens is 1. The van der Waals surface area contributed by atoms with Crippen molar-refractivity contribution < 1.29 is 19.1 Å². The maximum absolute atomic E-state index is 13.1. The van der Waals surface area contributed by atoms with Crippen LogP contribution in [0.15, 0.2) is 30.5 Å². The van der Waals surface area contributed by atoms with E-state index in [1.54, 1.807) is 48.7 Å². The Bertz CT molecular complexity index is 925. The van der Waals surface area contributed by atoms with Gasteiger partial charge in [-0.15, -0.1) is 0 Å². The number of likely N-dealkylation sites (N-methyl/N-ethyl adjacent to an activating group) is 1. The minimum atomic E-state index is -1.13. The predicted octanol–water partition coefficient (Wildman–Crippen LogP) is 2.59. The number of alkyl carbamates (subject to hydrolysis) is 1. The molecule has 0 fully saturated rings. The van der Waals surface area contributed by atoms with E-state index in [9.17, 15) is 14.4 Å². The molecule has 30 heavy (non-hydrogen) atoms. The summed E-state index contributed by atoms with van der Waals surface area (Å²) in [7, 11) is 3.25. The number of nitrogens with one attached hydrogen (secondary N) is 3. The summed E-state index contributed by atoms with van der Waals surface area (Å²) in [5, 5.41) is 6.37. The van der Waals surface area contributed by atoms with Crippen LogP contribution in [0.1, 0.15) is 40.2 Å². The Morgan fingerprint density at radius 1 is 1.10 bits per heavy atom. The number of hydrogen-bond donors (Lipinski definition) is 3. The topological polar surface area (TPSA) is 104 Å². The third-order valence-electron chi connectivity index (χ3n) is 4.48. The molecule has 1 heterocycles. The molecule has 0 aliphatic carbocycles. The summed E-state index contributed by atoms with van der Waals surface area (Å²) in [5.74, 6) is -0.717. The van der Waals surface area contributed by atoms with Gasteiger partial charge in [-0.1, -0.05) is 18.2 Å². The van der Waals surface area contributed by atoms with Crippen LogP contribution in [0.4, 0.5) is 4.79 Å². The summed E-state index contributed by atoms with van der Waals surface area (Å²) in [6.45, 7) is 8.51. The maximum atomic E-state index is 13.1. The first-order chi connectivity index (χ1) is 13.8. The van der Waals surface area contributed by atoms with E-state index < -0.39 is 29.2 Å². The van der Waals surface area contributed by atoms with Crippen molar-refractivity contribution in [1.29, 1.82) is 0 Å². The molecule has 1 aromatic carbocycles. The molecule has 2 aromatic rings. The monoisotopic (exact) mass is 416 g/mol. The molecule has 0 aliphatic heterocycles. The molecule has 8 nitrogen and oxygen atoms in total. The second kappa shape index (κ2) is 8.77. The highest BCUT2D eigenvalue weighted by molar-refractivity contribution is 5.94. The molecule has 164 valence electrons. The second-order valence-corrected chi connectivity index (χ2v) is 9.08. The van der Waals surface area contributed by atoms with Crippen LogP contribution < -0.4 is 10.6 Å². The Kier molecular flexibility index (Phi) is 6.80. The van der Waals surface area contributed by atoms with Gasteiger partial charge in [-0.3, -0.25) is 9.59 Å². The van der Waals surface area contributed by atoms with Gasteiger partial charge in [0.1, 0.15) is 17.2 Å². The van der Waals surface area contributed by atoms with Gasteiger partial charge in [-0.05, 0) is 46.2 Å². The van der Waals surface area contributed by atoms with Gasteiger partial charge in [-0.2, -0.15) is 0 Å². The van der Waals surface area contributed by atoms with E-state index in [2.05, 4.69) is 15.6 Å². The number of fused-ring (bicyclic) bond motifs is 1. The molecule has 0 saturated heterocycles. The minimum Gasteiger partial charge on any atom is -0.444 e. The summed E-state index contributed by atoms with van der Waals surface area (Å²) in [6.07, 6.45) is 1.36. The molecule has 1 atom stereocenters. The number of amides is 3. The molecular formula is C22H32N4O4. The highest BCUT2D eigenvalue weighted by Gasteiger charge is 2.34. The second-order valence-electron chi connectivity index (χ2n) is 9.08. The highest BCUT2D eigenvalue weighted by atomic mass is 16.6. The normalized spacial score (nSPS) is 12.9. The van der Waals surface area contributed by atoms with Gasteiger partial charge in [0.25, 0.3) is 0 Å². The fourth-order valence-corrected chi connectivity index (χ4v) is 3.19. The van der Waals surface area contributed by atoms with Gasteiger partial charge in [0.2, 0.25) is 11.8 Å². The van der Waals surface area contributed by atoms with Crippen molar-refractivity contribution in [2.45, 2.75) is 58.2 Å². The van der Waals surface area contributed by atoms with Crippen molar-refractivity contribution in [1.82, 2.24) is 20.5 Å². The Morgan fingerprint density at radius 2 is 1.73 bits per heavy atom. The molecule has 0 spiro atoms. The summed E-state index contributed by atoms with van der Waals surface area (Å²) < 4.78 is 5.33. The number of ether oxygens (including phenoxy) is 1. The quantitative estimate of drug-likeness (QED) is 0.673. The molecule has 1 aromatic heterocycles. The zero-order valence-corrected chi connectivity index (χ0v) is 18.8. The van der Waals surface area contributed by atoms with E-state index in [1.165, 1.54) is 4.90 Å². The first-order valence-corrected chi connectivity index (χ1v) is 9.88. The first-order valence-electron chi connectivity index (χ1n) is 9.88. The number of carbonyl (C=O) groups excluding carboxylic acids is 3. The van der Waals surface area contributed by atoms with Crippen molar-refractivity contribution in [3.05, 3.63) is 36.0 Å². The molecule has 0 unspecified atom stereocenters. The molecule has 0 aliphatic rings. The van der Waals surface area contributed by atoms with E-state index in [-0.39, 0.29) is 12.3 Å². The summed E-state index contributed by atoms with van der Waals surface area (Å²) in [6, 6.07) is 6.79. The van der Waals surface area contributed by atoms with Crippen LogP contribution >= 0.6 is 0 Å². The number of H-pyrrole nitrogens is 1. The van der Waals surface area contributed by atoms with Crippen molar-refractivity contribution in [3.8, 4) is 0 Å². The molecular weight excluding hydrogens is 384 g/mol. The number of benzene rings is 1. The van der Waals surface area contributed by atoms with Gasteiger partial charge in [0, 0.05) is 37.6 Å². The van der Waals surface area contributed by atoms with E-state index in [0.717, 1.165) is 16.5 Å². The Hall–Kier alpha value is -3.03. The Morgan fingerprint density at radius 3 is 2.33 bits per heavy atom. The summed E-state index contributed by atoms with van der Waals surface area (Å²) in [5.41, 5.74) is -0.0219. The standard InChI is InChI=1S/C22H32N4O4/c1-21(2,3)30-20(29)24-17(18(27)25-22(4,5)19(28)26(6)7)12-14-13-23-16-11-9-8-10-15(14)16/h8-11,13,17,23H,12H2,1-7H3,(H,24,29)(H,25,27)/t17-/m1/s1. The van der Waals surface area contributed by atoms with Gasteiger partial charge >= 0.3 is 6.09 Å². The largest absolute Gasteiger partial charge is 0.444 e. The maximum Gasteiger partial charge on any atom is 0.408 e. The Labute approximate surface area is 177 Å². The van der Waals surface area contributed by atoms with Crippen molar-refractivity contribution >= 4 is 28.8 Å². The van der Waals surface area contributed by atoms with Crippen molar-refractivity contribution in [3.63, 3.8) is 0 Å². The fraction of sp³-hybridized carbons (Fsp3) is 0.500. The zero-order valence-electron chi connectivity index (χ0n) is 18.8. The van der Waals surface area contributed by atoms with Crippen LogP contribution in [0.2, 0.25) is 0 Å². The molecule has 3 N–H and O–H groups in total. The minimum absolute atomic E-state index is 0.237. The smallest absolute Gasteiger partial charge is 0.408 e. The number of hydrogen-bond acceptors (Lipinski definition) is 4. The third-order valence-corrected chi connectivity index (χ3v) is 4.48. The lowest BCUT2D eigenvalue weighted by Gasteiger charge is -2.30. The van der Waals surface area contributed by atoms with Crippen molar-refractivity contribution in [2.75, 3.05) is 14.1 Å². The van der Waals surface area contributed by atoms with E-state index in [4.69, 9.17) is 4.74 Å². The zero-order chi connectivity index (χ0) is 22.7. The number of aromatic amines is 1. The van der Waals surface area contributed by atoms with Crippen LogP contribution in [0.25, 0.3) is 10.9 Å². The average Bonchev–Trinajstić information content (AvgIpc) is 3.01. The van der Waals surface area contributed by atoms with Gasteiger partial charge < -0.3 is 25.3 Å². The number of rotatable bonds is 6. The predicted molar refractivity (Wildman–Crippen MR) is 116 cm³/mol.